The number of hydrogen-bond acceptors (Lipinski definition) is 4. The second-order valence-electron chi connectivity index (χ2n) is 3.90. The Morgan fingerprint density at radius 1 is 1.35 bits per heavy atom. The first-order valence-electron chi connectivity index (χ1n) is 5.43. The van der Waals surface area contributed by atoms with Gasteiger partial charge in [-0.3, -0.25) is 0 Å². The number of anilines is 1. The highest BCUT2D eigenvalue weighted by atomic mass is 32.1. The molecule has 0 saturated carbocycles. The van der Waals surface area contributed by atoms with Crippen molar-refractivity contribution >= 4 is 28.1 Å². The molecule has 0 atom stereocenters. The minimum Gasteiger partial charge on any atom is -0.441 e. The van der Waals surface area contributed by atoms with Crippen LogP contribution in [0.15, 0.2) is 39.4 Å². The fourth-order valence-corrected chi connectivity index (χ4v) is 2.42. The molecule has 0 radical (unpaired) electrons. The monoisotopic (exact) mass is 244 g/mol. The summed E-state index contributed by atoms with van der Waals surface area (Å²) in [4.78, 5) is 4.31. The fourth-order valence-electron chi connectivity index (χ4n) is 1.75. The first kappa shape index (κ1) is 10.4. The highest BCUT2D eigenvalue weighted by molar-refractivity contribution is 7.07. The first-order valence-corrected chi connectivity index (χ1v) is 6.38. The maximum Gasteiger partial charge on any atom is 0.192 e. The summed E-state index contributed by atoms with van der Waals surface area (Å²) < 4.78 is 5.44. The van der Waals surface area contributed by atoms with Crippen molar-refractivity contribution in [2.75, 3.05) is 5.32 Å². The molecule has 0 bridgehead atoms. The molecule has 2 heterocycles. The minimum absolute atomic E-state index is 0.704. The smallest absolute Gasteiger partial charge is 0.192 e. The van der Waals surface area contributed by atoms with Gasteiger partial charge in [0.25, 0.3) is 0 Å². The van der Waals surface area contributed by atoms with E-state index in [1.165, 1.54) is 5.56 Å². The quantitative estimate of drug-likeness (QED) is 0.761. The molecule has 0 amide bonds. The summed E-state index contributed by atoms with van der Waals surface area (Å²) in [5, 5.41) is 7.60. The van der Waals surface area contributed by atoms with Crippen LogP contribution in [0.3, 0.4) is 0 Å². The maximum atomic E-state index is 5.44. The van der Waals surface area contributed by atoms with Crippen LogP contribution in [0.1, 0.15) is 11.5 Å². The predicted octanol–water partition coefficient (Wildman–Crippen LogP) is 3.81. The molecule has 4 heteroatoms. The van der Waals surface area contributed by atoms with Gasteiger partial charge in [0.1, 0.15) is 5.52 Å². The Morgan fingerprint density at radius 3 is 3.12 bits per heavy atom. The van der Waals surface area contributed by atoms with Crippen molar-refractivity contribution in [1.29, 1.82) is 0 Å². The van der Waals surface area contributed by atoms with E-state index in [1.54, 1.807) is 11.3 Å². The zero-order valence-electron chi connectivity index (χ0n) is 9.43. The van der Waals surface area contributed by atoms with Gasteiger partial charge in [-0.2, -0.15) is 11.3 Å². The maximum absolute atomic E-state index is 5.44. The lowest BCUT2D eigenvalue weighted by atomic mass is 10.2. The van der Waals surface area contributed by atoms with Crippen molar-refractivity contribution in [2.24, 2.45) is 0 Å². The van der Waals surface area contributed by atoms with Crippen molar-refractivity contribution in [3.8, 4) is 0 Å². The van der Waals surface area contributed by atoms with E-state index in [2.05, 4.69) is 27.1 Å². The number of nitrogens with one attached hydrogen (secondary N) is 1. The van der Waals surface area contributed by atoms with Crippen LogP contribution >= 0.6 is 11.3 Å². The van der Waals surface area contributed by atoms with Gasteiger partial charge in [0.2, 0.25) is 0 Å². The van der Waals surface area contributed by atoms with E-state index in [-0.39, 0.29) is 0 Å². The van der Waals surface area contributed by atoms with E-state index in [4.69, 9.17) is 4.42 Å². The normalized spacial score (nSPS) is 10.9. The number of aryl methyl sites for hydroxylation is 1. The first-order chi connectivity index (χ1) is 8.31. The summed E-state index contributed by atoms with van der Waals surface area (Å²) in [7, 11) is 0. The molecule has 1 aromatic carbocycles. The van der Waals surface area contributed by atoms with Gasteiger partial charge >= 0.3 is 0 Å². The van der Waals surface area contributed by atoms with E-state index in [0.29, 0.717) is 5.89 Å². The van der Waals surface area contributed by atoms with Crippen molar-refractivity contribution in [1.82, 2.24) is 4.98 Å². The molecule has 0 aliphatic rings. The zero-order valence-corrected chi connectivity index (χ0v) is 10.3. The van der Waals surface area contributed by atoms with Crippen LogP contribution in [0, 0.1) is 6.92 Å². The Balaban J connectivity index is 1.81. The van der Waals surface area contributed by atoms with Crippen LogP contribution in [-0.2, 0) is 6.54 Å². The molecule has 3 nitrogen and oxygen atoms in total. The number of oxazole rings is 1. The van der Waals surface area contributed by atoms with Crippen molar-refractivity contribution in [3.05, 3.63) is 46.5 Å². The Labute approximate surface area is 103 Å². The molecule has 0 unspecified atom stereocenters. The topological polar surface area (TPSA) is 38.1 Å². The third-order valence-electron chi connectivity index (χ3n) is 2.57. The molecule has 3 aromatic rings. The van der Waals surface area contributed by atoms with Crippen LogP contribution in [0.4, 0.5) is 5.69 Å². The number of nitrogens with zero attached hydrogens (tertiary/aromatic N) is 1. The molecule has 0 aliphatic heterocycles. The Bertz CT molecular complexity index is 628. The molecule has 0 fully saturated rings. The molecular weight excluding hydrogens is 232 g/mol. The van der Waals surface area contributed by atoms with Gasteiger partial charge < -0.3 is 9.73 Å². The van der Waals surface area contributed by atoms with E-state index >= 15 is 0 Å². The highest BCUT2D eigenvalue weighted by Gasteiger charge is 2.02. The van der Waals surface area contributed by atoms with Gasteiger partial charge in [0, 0.05) is 19.2 Å². The molecule has 0 saturated heterocycles. The third kappa shape index (κ3) is 2.17. The summed E-state index contributed by atoms with van der Waals surface area (Å²) in [6.45, 7) is 2.70. The lowest BCUT2D eigenvalue weighted by Gasteiger charge is -2.03. The number of aromatic nitrogens is 1. The molecule has 2 aromatic heterocycles. The number of fused-ring (bicyclic) bond motifs is 1. The van der Waals surface area contributed by atoms with E-state index in [0.717, 1.165) is 23.3 Å². The van der Waals surface area contributed by atoms with Gasteiger partial charge in [-0.15, -0.1) is 0 Å². The molecule has 3 rings (SSSR count). The molecular formula is C13H12N2OS. The van der Waals surface area contributed by atoms with Gasteiger partial charge in [-0.05, 0) is 40.6 Å². The van der Waals surface area contributed by atoms with Crippen molar-refractivity contribution in [2.45, 2.75) is 13.5 Å². The minimum atomic E-state index is 0.704. The van der Waals surface area contributed by atoms with E-state index < -0.39 is 0 Å². The largest absolute Gasteiger partial charge is 0.441 e. The zero-order chi connectivity index (χ0) is 11.7. The van der Waals surface area contributed by atoms with E-state index in [1.807, 2.05) is 25.1 Å². The lowest BCUT2D eigenvalue weighted by molar-refractivity contribution is 0.561. The van der Waals surface area contributed by atoms with Crippen LogP contribution in [-0.4, -0.2) is 4.98 Å². The fraction of sp³-hybridized carbons (Fsp3) is 0.154. The standard InChI is InChI=1S/C13H12N2OS/c1-9-15-12-6-11(2-3-13(12)16-9)14-7-10-4-5-17-8-10/h2-6,8,14H,7H2,1H3. The molecule has 1 N–H and O–H groups in total. The van der Waals surface area contributed by atoms with Crippen LogP contribution in [0.25, 0.3) is 11.1 Å². The predicted molar refractivity (Wildman–Crippen MR) is 70.4 cm³/mol. The van der Waals surface area contributed by atoms with Gasteiger partial charge in [0.15, 0.2) is 11.5 Å². The second kappa shape index (κ2) is 4.22. The lowest BCUT2D eigenvalue weighted by Crippen LogP contribution is -1.97. The van der Waals surface area contributed by atoms with Crippen LogP contribution in [0.5, 0.6) is 0 Å². The average Bonchev–Trinajstić information content (AvgIpc) is 2.92. The summed E-state index contributed by atoms with van der Waals surface area (Å²) in [5.41, 5.74) is 4.10. The van der Waals surface area contributed by atoms with Crippen molar-refractivity contribution < 1.29 is 4.42 Å². The SMILES string of the molecule is Cc1nc2cc(NCc3ccsc3)ccc2o1. The molecule has 0 aliphatic carbocycles. The summed E-state index contributed by atoms with van der Waals surface area (Å²) in [5.74, 6) is 0.704. The summed E-state index contributed by atoms with van der Waals surface area (Å²) in [6, 6.07) is 8.10. The second-order valence-corrected chi connectivity index (χ2v) is 4.68. The van der Waals surface area contributed by atoms with Gasteiger partial charge in [0.05, 0.1) is 0 Å². The van der Waals surface area contributed by atoms with Crippen LogP contribution in [0.2, 0.25) is 0 Å². The Morgan fingerprint density at radius 2 is 2.29 bits per heavy atom. The Hall–Kier alpha value is -1.81. The van der Waals surface area contributed by atoms with E-state index in [9.17, 15) is 0 Å². The van der Waals surface area contributed by atoms with Crippen molar-refractivity contribution in [3.63, 3.8) is 0 Å². The van der Waals surface area contributed by atoms with Gasteiger partial charge in [-0.1, -0.05) is 0 Å². The summed E-state index contributed by atoms with van der Waals surface area (Å²) >= 11 is 1.71. The molecule has 86 valence electrons. The average molecular weight is 244 g/mol. The number of hydrogen-bond donors (Lipinski definition) is 1. The highest BCUT2D eigenvalue weighted by Crippen LogP contribution is 2.20. The number of benzene rings is 1. The Kier molecular flexibility index (Phi) is 2.57. The molecule has 17 heavy (non-hydrogen) atoms. The third-order valence-corrected chi connectivity index (χ3v) is 3.30. The molecule has 0 spiro atoms. The van der Waals surface area contributed by atoms with Crippen LogP contribution < -0.4 is 5.32 Å². The summed E-state index contributed by atoms with van der Waals surface area (Å²) in [6.07, 6.45) is 0. The van der Waals surface area contributed by atoms with Gasteiger partial charge in [-0.25, -0.2) is 4.98 Å². The number of rotatable bonds is 3. The number of thiophene rings is 1.